The van der Waals surface area contributed by atoms with E-state index in [0.29, 0.717) is 50.5 Å². The van der Waals surface area contributed by atoms with Crippen molar-refractivity contribution in [1.82, 2.24) is 5.32 Å². The molecule has 3 aromatic rings. The molecule has 0 unspecified atom stereocenters. The van der Waals surface area contributed by atoms with Crippen LogP contribution in [0.5, 0.6) is 11.5 Å². The van der Waals surface area contributed by atoms with Crippen LogP contribution in [0.15, 0.2) is 113 Å². The average molecular weight is 900 g/mol. The molecular weight excluding hydrogens is 834 g/mol. The van der Waals surface area contributed by atoms with Gasteiger partial charge in [-0.25, -0.2) is 4.79 Å². The first-order valence-corrected chi connectivity index (χ1v) is 24.3. The minimum atomic E-state index is -4.00. The molecule has 12 heteroatoms. The number of allylic oxidation sites excluding steroid dienone is 8. The Bertz CT molecular complexity index is 2400. The van der Waals surface area contributed by atoms with Gasteiger partial charge in [-0.1, -0.05) is 80.1 Å². The Labute approximate surface area is 380 Å². The van der Waals surface area contributed by atoms with Crippen LogP contribution >= 0.6 is 11.6 Å². The Morgan fingerprint density at radius 2 is 1.59 bits per heavy atom. The van der Waals surface area contributed by atoms with Crippen molar-refractivity contribution in [3.63, 3.8) is 0 Å². The predicted octanol–water partition coefficient (Wildman–Crippen LogP) is 11.1. The summed E-state index contributed by atoms with van der Waals surface area (Å²) < 4.78 is 50.7. The van der Waals surface area contributed by atoms with Gasteiger partial charge in [0, 0.05) is 59.0 Å². The topological polar surface area (TPSA) is 117 Å². The van der Waals surface area contributed by atoms with E-state index in [1.54, 1.807) is 14.2 Å². The molecule has 2 aliphatic heterocycles. The van der Waals surface area contributed by atoms with Crippen molar-refractivity contribution in [2.24, 2.45) is 0 Å². The number of fused-ring (bicyclic) bond motifs is 2. The van der Waals surface area contributed by atoms with Crippen molar-refractivity contribution in [2.45, 2.75) is 103 Å². The number of ether oxygens (including phenoxy) is 3. The van der Waals surface area contributed by atoms with Gasteiger partial charge in [0.15, 0.2) is 17.2 Å². The zero-order valence-corrected chi connectivity index (χ0v) is 39.4. The number of halogens is 1. The number of rotatable bonds is 20. The SMILES string of the molecule is COc1ccc(CCNC(=O)OCCCCCC[N+]2=C(/C=C/C3=C(Cl)C(=C/C=C4/N(CCCCS(=O)(=O)O)c5ccccc5C4(C)C)/CCC3)C(C)(C)c3ccccc32)cc1OC. The fourth-order valence-corrected chi connectivity index (χ4v) is 10.1. The number of para-hydroxylation sites is 2. The van der Waals surface area contributed by atoms with Gasteiger partial charge >= 0.3 is 6.09 Å². The number of carbonyl (C=O) groups is 1. The fourth-order valence-electron chi connectivity index (χ4n) is 9.17. The van der Waals surface area contributed by atoms with Crippen LogP contribution < -0.4 is 19.7 Å². The molecular formula is C51H65ClN3O7S+. The first kappa shape index (κ1) is 47.6. The van der Waals surface area contributed by atoms with Gasteiger partial charge in [0.2, 0.25) is 5.69 Å². The van der Waals surface area contributed by atoms with Crippen LogP contribution in [0.4, 0.5) is 16.2 Å². The third kappa shape index (κ3) is 11.7. The molecule has 0 atom stereocenters. The number of amides is 1. The van der Waals surface area contributed by atoms with Crippen LogP contribution in [-0.4, -0.2) is 75.6 Å². The minimum Gasteiger partial charge on any atom is -0.493 e. The standard InChI is InChI=1S/C51H64ClN3O7S/c1-50(2)40-20-9-11-22-42(40)54(32-13-7-8-15-34-62-49(56)53-31-30-37-24-27-44(60-5)45(36-37)61-6)46(50)28-25-38-18-17-19-39(48(38)52)26-29-47-51(3,4)41-21-10-12-23-43(41)55(47)33-14-16-35-63(57,58)59/h9-12,20-29,36H,7-8,13-19,30-35H2,1-6H3,(H-,53,56,57,58,59)/p+1. The van der Waals surface area contributed by atoms with Gasteiger partial charge in [-0.15, -0.1) is 0 Å². The van der Waals surface area contributed by atoms with E-state index >= 15 is 0 Å². The molecule has 10 nitrogen and oxygen atoms in total. The second-order valence-corrected chi connectivity index (χ2v) is 19.6. The third-order valence-electron chi connectivity index (χ3n) is 12.6. The lowest BCUT2D eigenvalue weighted by Crippen LogP contribution is -2.28. The largest absolute Gasteiger partial charge is 0.493 e. The zero-order valence-electron chi connectivity index (χ0n) is 37.8. The van der Waals surface area contributed by atoms with Crippen molar-refractivity contribution in [2.75, 3.05) is 51.1 Å². The maximum Gasteiger partial charge on any atom is 0.407 e. The minimum absolute atomic E-state index is 0.188. The molecule has 338 valence electrons. The lowest BCUT2D eigenvalue weighted by atomic mass is 9.81. The molecule has 2 N–H and O–H groups in total. The Balaban J connectivity index is 1.08. The molecule has 0 fully saturated rings. The van der Waals surface area contributed by atoms with E-state index in [1.807, 2.05) is 24.3 Å². The van der Waals surface area contributed by atoms with Crippen LogP contribution in [0.2, 0.25) is 0 Å². The second-order valence-electron chi connectivity index (χ2n) is 17.7. The van der Waals surface area contributed by atoms with Gasteiger partial charge in [0.25, 0.3) is 10.1 Å². The predicted molar refractivity (Wildman–Crippen MR) is 255 cm³/mol. The summed E-state index contributed by atoms with van der Waals surface area (Å²) >= 11 is 7.26. The normalized spacial score (nSPS) is 18.1. The van der Waals surface area contributed by atoms with Gasteiger partial charge < -0.3 is 24.4 Å². The summed E-state index contributed by atoms with van der Waals surface area (Å²) in [6.45, 7) is 11.4. The molecule has 0 saturated heterocycles. The molecule has 0 spiro atoms. The van der Waals surface area contributed by atoms with Gasteiger partial charge in [-0.3, -0.25) is 4.55 Å². The molecule has 3 aliphatic rings. The van der Waals surface area contributed by atoms with Gasteiger partial charge in [0.1, 0.15) is 6.54 Å². The first-order chi connectivity index (χ1) is 30.2. The highest BCUT2D eigenvalue weighted by Gasteiger charge is 2.44. The number of hydrogen-bond donors (Lipinski definition) is 2. The number of nitrogens with one attached hydrogen (secondary N) is 1. The van der Waals surface area contributed by atoms with E-state index < -0.39 is 16.2 Å². The molecule has 6 rings (SSSR count). The fraction of sp³-hybridized carbons (Fsp3) is 0.451. The number of anilines is 1. The molecule has 0 radical (unpaired) electrons. The highest BCUT2D eigenvalue weighted by atomic mass is 35.5. The number of nitrogens with zero attached hydrogens (tertiary/aromatic N) is 2. The molecule has 0 saturated carbocycles. The van der Waals surface area contributed by atoms with E-state index in [0.717, 1.165) is 84.6 Å². The smallest absolute Gasteiger partial charge is 0.407 e. The Morgan fingerprint density at radius 3 is 2.35 bits per heavy atom. The third-order valence-corrected chi connectivity index (χ3v) is 13.9. The number of alkyl carbamates (subject to hydrolysis) is 1. The number of methoxy groups -OCH3 is 2. The summed E-state index contributed by atoms with van der Waals surface area (Å²) in [5.74, 6) is 1.10. The van der Waals surface area contributed by atoms with Gasteiger partial charge in [-0.2, -0.15) is 13.0 Å². The number of unbranched alkanes of at least 4 members (excludes halogenated alkanes) is 4. The monoisotopic (exact) mass is 898 g/mol. The van der Waals surface area contributed by atoms with Crippen LogP contribution in [0.3, 0.4) is 0 Å². The quantitative estimate of drug-likeness (QED) is 0.0654. The molecule has 0 bridgehead atoms. The zero-order chi connectivity index (χ0) is 45.2. The van der Waals surface area contributed by atoms with Crippen LogP contribution in [0.1, 0.15) is 102 Å². The summed E-state index contributed by atoms with van der Waals surface area (Å²) in [6.07, 6.45) is 16.7. The molecule has 1 aliphatic carbocycles. The van der Waals surface area contributed by atoms with Gasteiger partial charge in [-0.05, 0) is 118 Å². The van der Waals surface area contributed by atoms with E-state index in [2.05, 4.69) is 109 Å². The van der Waals surface area contributed by atoms with E-state index in [1.165, 1.54) is 22.5 Å². The summed E-state index contributed by atoms with van der Waals surface area (Å²) in [6, 6.07) is 22.8. The number of hydrogen-bond acceptors (Lipinski definition) is 7. The Kier molecular flexibility index (Phi) is 16.0. The summed E-state index contributed by atoms with van der Waals surface area (Å²) in [5, 5.41) is 3.65. The summed E-state index contributed by atoms with van der Waals surface area (Å²) in [7, 11) is -0.783. The second kappa shape index (κ2) is 21.2. The maximum atomic E-state index is 12.3. The lowest BCUT2D eigenvalue weighted by Gasteiger charge is -2.27. The maximum absolute atomic E-state index is 12.3. The van der Waals surface area contributed by atoms with Crippen molar-refractivity contribution >= 4 is 44.9 Å². The molecule has 2 heterocycles. The van der Waals surface area contributed by atoms with Crippen molar-refractivity contribution in [1.29, 1.82) is 0 Å². The Hall–Kier alpha value is -4.84. The number of benzene rings is 3. The summed E-state index contributed by atoms with van der Waals surface area (Å²) in [4.78, 5) is 14.6. The van der Waals surface area contributed by atoms with Crippen molar-refractivity contribution in [3.05, 3.63) is 130 Å². The van der Waals surface area contributed by atoms with E-state index in [-0.39, 0.29) is 16.6 Å². The van der Waals surface area contributed by atoms with Crippen LogP contribution in [0, 0.1) is 0 Å². The Morgan fingerprint density at radius 1 is 0.857 bits per heavy atom. The summed E-state index contributed by atoms with van der Waals surface area (Å²) in [5.41, 5.74) is 10.1. The average Bonchev–Trinajstić information content (AvgIpc) is 3.61. The molecule has 0 aromatic heterocycles. The number of carbonyl (C=O) groups excluding carboxylic acids is 1. The van der Waals surface area contributed by atoms with E-state index in [4.69, 9.17) is 25.8 Å². The lowest BCUT2D eigenvalue weighted by molar-refractivity contribution is -0.438. The van der Waals surface area contributed by atoms with Gasteiger partial charge in [0.05, 0.1) is 32.0 Å². The van der Waals surface area contributed by atoms with Crippen molar-refractivity contribution in [3.8, 4) is 11.5 Å². The van der Waals surface area contributed by atoms with Crippen LogP contribution in [-0.2, 0) is 32.1 Å². The first-order valence-electron chi connectivity index (χ1n) is 22.3. The van der Waals surface area contributed by atoms with Crippen LogP contribution in [0.25, 0.3) is 0 Å². The molecule has 1 amide bonds. The highest BCUT2D eigenvalue weighted by molar-refractivity contribution is 7.85. The van der Waals surface area contributed by atoms with Crippen molar-refractivity contribution < 1.29 is 36.6 Å². The molecule has 63 heavy (non-hydrogen) atoms. The molecule has 3 aromatic carbocycles. The van der Waals surface area contributed by atoms with E-state index in [9.17, 15) is 17.8 Å². The highest BCUT2D eigenvalue weighted by Crippen LogP contribution is 2.48.